The van der Waals surface area contributed by atoms with Gasteiger partial charge in [0.25, 0.3) is 11.8 Å². The first-order valence-electron chi connectivity index (χ1n) is 10.5. The van der Waals surface area contributed by atoms with Crippen LogP contribution in [0.1, 0.15) is 33.1 Å². The first-order chi connectivity index (χ1) is 16.4. The molecule has 34 heavy (non-hydrogen) atoms. The second-order valence-corrected chi connectivity index (χ2v) is 7.58. The number of nitrogens with zero attached hydrogens (tertiary/aromatic N) is 1. The molecule has 0 spiro atoms. The number of carbonyl (C=O) groups is 3. The van der Waals surface area contributed by atoms with E-state index in [0.717, 1.165) is 0 Å². The zero-order chi connectivity index (χ0) is 24.5. The molecule has 8 nitrogen and oxygen atoms in total. The molecule has 0 saturated carbocycles. The van der Waals surface area contributed by atoms with E-state index in [9.17, 15) is 24.6 Å². The van der Waals surface area contributed by atoms with Crippen molar-refractivity contribution >= 4 is 17.8 Å². The van der Waals surface area contributed by atoms with Crippen LogP contribution in [0.4, 0.5) is 0 Å². The zero-order valence-corrected chi connectivity index (χ0v) is 18.1. The first-order valence-corrected chi connectivity index (χ1v) is 10.5. The quantitative estimate of drug-likeness (QED) is 0.388. The van der Waals surface area contributed by atoms with E-state index in [4.69, 9.17) is 5.26 Å². The van der Waals surface area contributed by atoms with Crippen molar-refractivity contribution in [2.24, 2.45) is 0 Å². The highest BCUT2D eigenvalue weighted by molar-refractivity contribution is 5.95. The minimum Gasteiger partial charge on any atom is -0.480 e. The minimum atomic E-state index is -1.75. The van der Waals surface area contributed by atoms with Crippen molar-refractivity contribution < 1.29 is 24.6 Å². The summed E-state index contributed by atoms with van der Waals surface area (Å²) in [7, 11) is 0. The zero-order valence-electron chi connectivity index (χ0n) is 18.1. The lowest BCUT2D eigenvalue weighted by Gasteiger charge is -2.25. The average molecular weight is 457 g/mol. The predicted octanol–water partition coefficient (Wildman–Crippen LogP) is 2.20. The molecule has 3 aromatic carbocycles. The van der Waals surface area contributed by atoms with Gasteiger partial charge in [-0.2, -0.15) is 5.26 Å². The molecule has 0 radical (unpaired) electrons. The van der Waals surface area contributed by atoms with E-state index in [0.29, 0.717) is 22.3 Å². The van der Waals surface area contributed by atoms with Gasteiger partial charge in [0.05, 0.1) is 17.7 Å². The van der Waals surface area contributed by atoms with Crippen molar-refractivity contribution in [2.45, 2.75) is 24.6 Å². The molecule has 0 saturated heterocycles. The number of aliphatic hydroxyl groups is 1. The maximum Gasteiger partial charge on any atom is 0.326 e. The van der Waals surface area contributed by atoms with Crippen LogP contribution in [-0.2, 0) is 16.0 Å². The lowest BCUT2D eigenvalue weighted by Crippen LogP contribution is -2.50. The number of nitriles is 1. The van der Waals surface area contributed by atoms with E-state index in [1.54, 1.807) is 84.9 Å². The van der Waals surface area contributed by atoms with Gasteiger partial charge in [0.15, 0.2) is 6.10 Å². The highest BCUT2D eigenvalue weighted by Gasteiger charge is 2.32. The van der Waals surface area contributed by atoms with Gasteiger partial charge in [-0.15, -0.1) is 0 Å². The second-order valence-electron chi connectivity index (χ2n) is 7.58. The molecule has 2 amide bonds. The summed E-state index contributed by atoms with van der Waals surface area (Å²) in [6, 6.07) is 22.6. The predicted molar refractivity (Wildman–Crippen MR) is 124 cm³/mol. The summed E-state index contributed by atoms with van der Waals surface area (Å²) < 4.78 is 0. The first kappa shape index (κ1) is 24.2. The average Bonchev–Trinajstić information content (AvgIpc) is 2.87. The Morgan fingerprint density at radius 2 is 1.44 bits per heavy atom. The number of hydrogen-bond acceptors (Lipinski definition) is 5. The van der Waals surface area contributed by atoms with Crippen LogP contribution in [0, 0.1) is 11.3 Å². The maximum atomic E-state index is 12.9. The molecule has 0 aliphatic rings. The molecule has 0 unspecified atom stereocenters. The standard InChI is InChI=1S/C26H23N3O5/c27-16-18-13-11-17(12-14-18)15-21(26(33)34)28-25(32)23(30)22(19-7-3-1-4-8-19)29-24(31)20-9-5-2-6-10-20/h1-14,21-23,30H,15H2,(H,28,32)(H,29,31)(H,33,34)/t21-,22+,23-/m1/s1. The molecule has 172 valence electrons. The van der Waals surface area contributed by atoms with Crippen molar-refractivity contribution in [3.05, 3.63) is 107 Å². The molecule has 8 heteroatoms. The molecule has 0 aliphatic heterocycles. The monoisotopic (exact) mass is 457 g/mol. The number of hydrogen-bond donors (Lipinski definition) is 4. The molecule has 0 fully saturated rings. The number of aliphatic carboxylic acids is 1. The van der Waals surface area contributed by atoms with E-state index >= 15 is 0 Å². The topological polar surface area (TPSA) is 140 Å². The minimum absolute atomic E-state index is 0.0497. The van der Waals surface area contributed by atoms with Crippen molar-refractivity contribution in [3.63, 3.8) is 0 Å². The highest BCUT2D eigenvalue weighted by atomic mass is 16.4. The summed E-state index contributed by atoms with van der Waals surface area (Å²) in [5.41, 5.74) is 1.85. The van der Waals surface area contributed by atoms with Crippen molar-refractivity contribution in [1.82, 2.24) is 10.6 Å². The molecule has 0 heterocycles. The van der Waals surface area contributed by atoms with Gasteiger partial charge in [-0.05, 0) is 35.4 Å². The summed E-state index contributed by atoms with van der Waals surface area (Å²) in [5.74, 6) is -2.72. The molecule has 0 aromatic heterocycles. The molecule has 0 bridgehead atoms. The molecule has 3 rings (SSSR count). The van der Waals surface area contributed by atoms with Crippen LogP contribution in [0.15, 0.2) is 84.9 Å². The van der Waals surface area contributed by atoms with Crippen LogP contribution < -0.4 is 10.6 Å². The Morgan fingerprint density at radius 1 is 0.853 bits per heavy atom. The van der Waals surface area contributed by atoms with Crippen LogP contribution >= 0.6 is 0 Å². The lowest BCUT2D eigenvalue weighted by molar-refractivity contribution is -0.143. The third kappa shape index (κ3) is 6.28. The van der Waals surface area contributed by atoms with Gasteiger partial charge in [-0.1, -0.05) is 60.7 Å². The van der Waals surface area contributed by atoms with Crippen molar-refractivity contribution in [2.75, 3.05) is 0 Å². The third-order valence-electron chi connectivity index (χ3n) is 5.20. The van der Waals surface area contributed by atoms with Crippen LogP contribution in [0.2, 0.25) is 0 Å². The van der Waals surface area contributed by atoms with Crippen LogP contribution in [0.5, 0.6) is 0 Å². The summed E-state index contributed by atoms with van der Waals surface area (Å²) in [6.07, 6.45) is -1.80. The SMILES string of the molecule is N#Cc1ccc(C[C@@H](NC(=O)[C@H](O)[C@@H](NC(=O)c2ccccc2)c2ccccc2)C(=O)O)cc1. The van der Waals surface area contributed by atoms with Gasteiger partial charge in [0.1, 0.15) is 6.04 Å². The Kier molecular flexibility index (Phi) is 8.11. The summed E-state index contributed by atoms with van der Waals surface area (Å²) >= 11 is 0. The number of carbonyl (C=O) groups excluding carboxylic acids is 2. The highest BCUT2D eigenvalue weighted by Crippen LogP contribution is 2.19. The van der Waals surface area contributed by atoms with Gasteiger partial charge < -0.3 is 20.8 Å². The van der Waals surface area contributed by atoms with Crippen molar-refractivity contribution in [3.8, 4) is 6.07 Å². The fourth-order valence-corrected chi connectivity index (χ4v) is 3.38. The number of amides is 2. The van der Waals surface area contributed by atoms with Crippen LogP contribution in [0.25, 0.3) is 0 Å². The van der Waals surface area contributed by atoms with E-state index in [1.807, 2.05) is 6.07 Å². The Balaban J connectivity index is 1.77. The largest absolute Gasteiger partial charge is 0.480 e. The number of carboxylic acid groups (broad SMARTS) is 1. The molecular weight excluding hydrogens is 434 g/mol. The normalized spacial score (nSPS) is 13.1. The molecule has 0 aliphatic carbocycles. The van der Waals surface area contributed by atoms with E-state index in [1.165, 1.54) is 0 Å². The Hall–Kier alpha value is -4.48. The second kappa shape index (κ2) is 11.4. The number of nitrogens with one attached hydrogen (secondary N) is 2. The van der Waals surface area contributed by atoms with Crippen LogP contribution in [0.3, 0.4) is 0 Å². The Labute approximate surface area is 196 Å². The van der Waals surface area contributed by atoms with E-state index in [-0.39, 0.29) is 6.42 Å². The fraction of sp³-hybridized carbons (Fsp3) is 0.154. The number of aliphatic hydroxyl groups excluding tert-OH is 1. The van der Waals surface area contributed by atoms with Crippen LogP contribution in [-0.4, -0.2) is 40.1 Å². The molecule has 4 N–H and O–H groups in total. The van der Waals surface area contributed by atoms with Gasteiger partial charge >= 0.3 is 5.97 Å². The Bertz CT molecular complexity index is 1170. The molecule has 3 aromatic rings. The van der Waals surface area contributed by atoms with Crippen molar-refractivity contribution in [1.29, 1.82) is 5.26 Å². The maximum absolute atomic E-state index is 12.9. The summed E-state index contributed by atoms with van der Waals surface area (Å²) in [4.78, 5) is 37.3. The van der Waals surface area contributed by atoms with Gasteiger partial charge in [0.2, 0.25) is 0 Å². The van der Waals surface area contributed by atoms with Gasteiger partial charge in [-0.25, -0.2) is 4.79 Å². The summed E-state index contributed by atoms with van der Waals surface area (Å²) in [6.45, 7) is 0. The third-order valence-corrected chi connectivity index (χ3v) is 5.20. The molecular formula is C26H23N3O5. The summed E-state index contributed by atoms with van der Waals surface area (Å²) in [5, 5.41) is 34.4. The van der Waals surface area contributed by atoms with Gasteiger partial charge in [-0.3, -0.25) is 9.59 Å². The fourth-order valence-electron chi connectivity index (χ4n) is 3.38. The smallest absolute Gasteiger partial charge is 0.326 e. The number of benzene rings is 3. The number of rotatable bonds is 9. The Morgan fingerprint density at radius 3 is 2.00 bits per heavy atom. The molecule has 3 atom stereocenters. The van der Waals surface area contributed by atoms with E-state index < -0.39 is 36.0 Å². The van der Waals surface area contributed by atoms with Gasteiger partial charge in [0, 0.05) is 12.0 Å². The van der Waals surface area contributed by atoms with E-state index in [2.05, 4.69) is 10.6 Å². The number of carboxylic acids is 1. The lowest BCUT2D eigenvalue weighted by atomic mass is 9.99.